The number of anilines is 3. The van der Waals surface area contributed by atoms with Crippen molar-refractivity contribution >= 4 is 87.8 Å². The third-order valence-corrected chi connectivity index (χ3v) is 9.42. The molecule has 0 aliphatic carbocycles. The fourth-order valence-electron chi connectivity index (χ4n) is 7.33. The molecule has 3 heteroatoms. The Hall–Kier alpha value is -6.68. The summed E-state index contributed by atoms with van der Waals surface area (Å²) >= 11 is 0. The summed E-state index contributed by atoms with van der Waals surface area (Å²) in [7, 11) is 0. The van der Waals surface area contributed by atoms with Gasteiger partial charge in [0.05, 0.1) is 18.3 Å². The number of hydrogen-bond donors (Lipinski definition) is 0. The minimum Gasteiger partial charge on any atom is -0.310 e. The fourth-order valence-corrected chi connectivity index (χ4v) is 7.33. The molecule has 0 atom stereocenters. The molecule has 0 N–H and O–H groups in total. The van der Waals surface area contributed by atoms with Crippen molar-refractivity contribution in [3.63, 3.8) is 0 Å². The quantitative estimate of drug-likeness (QED) is 0.0877. The van der Waals surface area contributed by atoms with E-state index in [-0.39, 0.29) is 5.70 Å². The molecule has 0 saturated carbocycles. The van der Waals surface area contributed by atoms with Crippen LogP contribution in [0.25, 0.3) is 75.6 Å². The Morgan fingerprint density at radius 2 is 1.04 bits per heavy atom. The fraction of sp³-hybridized carbons (Fsp3) is 0. The number of hydrogen-bond acceptors (Lipinski definition) is 2. The maximum absolute atomic E-state index is 9.46. The van der Waals surface area contributed by atoms with Crippen molar-refractivity contribution in [2.24, 2.45) is 0 Å². The second kappa shape index (κ2) is 10.5. The molecule has 0 saturated heterocycles. The first kappa shape index (κ1) is 26.7. The molecule has 9 aromatic rings. The molecule has 0 aliphatic rings. The third kappa shape index (κ3) is 4.12. The number of nitrogens with zero attached hydrogens (tertiary/aromatic N) is 3. The summed E-state index contributed by atoms with van der Waals surface area (Å²) in [5.74, 6) is 0. The van der Waals surface area contributed by atoms with Crippen molar-refractivity contribution in [2.45, 2.75) is 0 Å². The van der Waals surface area contributed by atoms with Crippen LogP contribution < -0.4 is 4.90 Å². The lowest BCUT2D eigenvalue weighted by molar-refractivity contribution is 1.31. The lowest BCUT2D eigenvalue weighted by Crippen LogP contribution is -2.10. The maximum Gasteiger partial charge on any atom is 0.262 e. The van der Waals surface area contributed by atoms with E-state index >= 15 is 0 Å². The van der Waals surface area contributed by atoms with Gasteiger partial charge >= 0.3 is 0 Å². The zero-order valence-electron chi connectivity index (χ0n) is 25.3. The van der Waals surface area contributed by atoms with Gasteiger partial charge in [-0.15, -0.1) is 0 Å². The van der Waals surface area contributed by atoms with Crippen LogP contribution in [0, 0.1) is 17.9 Å². The lowest BCUT2D eigenvalue weighted by atomic mass is 9.87. The highest BCUT2D eigenvalue weighted by molar-refractivity contribution is 6.34. The van der Waals surface area contributed by atoms with Crippen LogP contribution in [0.3, 0.4) is 0 Å². The number of nitriles is 1. The predicted octanol–water partition coefficient (Wildman–Crippen LogP) is 12.3. The van der Waals surface area contributed by atoms with Crippen LogP contribution in [0.1, 0.15) is 5.56 Å². The summed E-state index contributed by atoms with van der Waals surface area (Å²) in [6.07, 6.45) is 1.69. The Balaban J connectivity index is 1.36. The van der Waals surface area contributed by atoms with Gasteiger partial charge in [0, 0.05) is 16.8 Å². The minimum absolute atomic E-state index is 0.0797. The largest absolute Gasteiger partial charge is 0.310 e. The molecule has 216 valence electrons. The average Bonchev–Trinajstić information content (AvgIpc) is 3.13. The number of allylic oxidation sites excluding steroid dienone is 1. The molecule has 3 nitrogen and oxygen atoms in total. The van der Waals surface area contributed by atoms with Gasteiger partial charge in [0.15, 0.2) is 0 Å². The van der Waals surface area contributed by atoms with E-state index in [1.807, 2.05) is 12.1 Å². The topological polar surface area (TPSA) is 31.4 Å². The van der Waals surface area contributed by atoms with Gasteiger partial charge in [0.25, 0.3) is 5.70 Å². The molecule has 9 aromatic carbocycles. The molecule has 9 rings (SSSR count). The van der Waals surface area contributed by atoms with Crippen LogP contribution in [0.5, 0.6) is 0 Å². The van der Waals surface area contributed by atoms with E-state index in [1.165, 1.54) is 43.1 Å². The van der Waals surface area contributed by atoms with Gasteiger partial charge in [-0.3, -0.25) is 0 Å². The Morgan fingerprint density at radius 1 is 0.532 bits per heavy atom. The Labute approximate surface area is 271 Å². The van der Waals surface area contributed by atoms with Gasteiger partial charge in [-0.1, -0.05) is 115 Å². The molecule has 47 heavy (non-hydrogen) atoms. The zero-order chi connectivity index (χ0) is 31.5. The lowest BCUT2D eigenvalue weighted by Gasteiger charge is -2.28. The van der Waals surface area contributed by atoms with E-state index in [9.17, 15) is 5.26 Å². The summed E-state index contributed by atoms with van der Waals surface area (Å²) < 4.78 is 0. The van der Waals surface area contributed by atoms with Crippen molar-refractivity contribution in [3.8, 4) is 6.07 Å². The summed E-state index contributed by atoms with van der Waals surface area (Å²) in [5.41, 5.74) is 4.27. The molecule has 0 unspecified atom stereocenters. The van der Waals surface area contributed by atoms with Crippen molar-refractivity contribution in [1.29, 1.82) is 5.26 Å². The first-order valence-corrected chi connectivity index (χ1v) is 15.6. The predicted molar refractivity (Wildman–Crippen MR) is 198 cm³/mol. The summed E-state index contributed by atoms with van der Waals surface area (Å²) in [6.45, 7) is 7.41. The smallest absolute Gasteiger partial charge is 0.262 e. The van der Waals surface area contributed by atoms with E-state index in [0.29, 0.717) is 0 Å². The van der Waals surface area contributed by atoms with E-state index in [4.69, 9.17) is 6.57 Å². The van der Waals surface area contributed by atoms with Gasteiger partial charge in [-0.2, -0.15) is 0 Å². The average molecular weight is 596 g/mol. The summed E-state index contributed by atoms with van der Waals surface area (Å²) in [6, 6.07) is 54.1. The second-order valence-corrected chi connectivity index (χ2v) is 11.9. The van der Waals surface area contributed by atoms with Crippen molar-refractivity contribution in [1.82, 2.24) is 0 Å². The monoisotopic (exact) mass is 595 g/mol. The van der Waals surface area contributed by atoms with Crippen LogP contribution in [-0.2, 0) is 0 Å². The van der Waals surface area contributed by atoms with E-state index in [1.54, 1.807) is 6.08 Å². The first-order chi connectivity index (χ1) is 23.2. The van der Waals surface area contributed by atoms with Crippen molar-refractivity contribution < 1.29 is 0 Å². The van der Waals surface area contributed by atoms with Crippen LogP contribution in [0.2, 0.25) is 0 Å². The normalized spacial score (nSPS) is 11.9. The van der Waals surface area contributed by atoms with Gasteiger partial charge < -0.3 is 4.90 Å². The zero-order valence-corrected chi connectivity index (χ0v) is 25.3. The van der Waals surface area contributed by atoms with Crippen LogP contribution in [0.4, 0.5) is 17.1 Å². The van der Waals surface area contributed by atoms with E-state index in [0.717, 1.165) is 44.2 Å². The van der Waals surface area contributed by atoms with Crippen molar-refractivity contribution in [2.75, 3.05) is 4.90 Å². The Morgan fingerprint density at radius 3 is 1.64 bits per heavy atom. The molecule has 0 bridgehead atoms. The van der Waals surface area contributed by atoms with Gasteiger partial charge in [-0.05, 0) is 101 Å². The highest BCUT2D eigenvalue weighted by atomic mass is 15.1. The Bertz CT molecular complexity index is 2710. The number of fused-ring (bicyclic) bond motifs is 4. The highest BCUT2D eigenvalue weighted by Gasteiger charge is 2.20. The van der Waals surface area contributed by atoms with Gasteiger partial charge in [-0.25, -0.2) is 10.1 Å². The van der Waals surface area contributed by atoms with Crippen molar-refractivity contribution in [3.05, 3.63) is 168 Å². The SMILES string of the molecule is [C-]#[N+]/C(C#N)=C\c1ccc2c3ccc(N(c4ccc5ccccc5c4)c4ccc5ccccc5c4)c4cccc(c5cccc1c52)c43. The molecule has 0 radical (unpaired) electrons. The summed E-state index contributed by atoms with van der Waals surface area (Å²) in [4.78, 5) is 5.80. The first-order valence-electron chi connectivity index (χ1n) is 15.6. The van der Waals surface area contributed by atoms with Crippen LogP contribution in [0.15, 0.2) is 151 Å². The van der Waals surface area contributed by atoms with E-state index < -0.39 is 0 Å². The number of rotatable bonds is 4. The molecule has 0 fully saturated rings. The highest BCUT2D eigenvalue weighted by Crippen LogP contribution is 2.47. The standard InChI is InChI=1S/C44H25N3/c1-46-33(27-45)24-32-18-21-39-40-22-23-42(41-15-7-14-38(44(40)41)37-13-6-12-36(32)43(37)39)47(34-19-16-28-8-2-4-10-30(28)25-34)35-20-17-29-9-3-5-11-31(29)26-35/h2-26H/b33-24-. The molecular weight excluding hydrogens is 571 g/mol. The molecule has 0 spiro atoms. The summed E-state index contributed by atoms with van der Waals surface area (Å²) in [5, 5.41) is 23.5. The molecule has 0 amide bonds. The maximum atomic E-state index is 9.46. The Kier molecular flexibility index (Phi) is 5.94. The molecule has 0 aromatic heterocycles. The molecular formula is C44H25N3. The van der Waals surface area contributed by atoms with Gasteiger partial charge in [0.1, 0.15) is 0 Å². The number of benzene rings is 9. The molecule has 0 aliphatic heterocycles. The second-order valence-electron chi connectivity index (χ2n) is 11.9. The van der Waals surface area contributed by atoms with Crippen LogP contribution in [-0.4, -0.2) is 0 Å². The van der Waals surface area contributed by atoms with Crippen LogP contribution >= 0.6 is 0 Å². The van der Waals surface area contributed by atoms with E-state index in [2.05, 4.69) is 149 Å². The van der Waals surface area contributed by atoms with Gasteiger partial charge in [0.2, 0.25) is 0 Å². The minimum atomic E-state index is 0.0797. The third-order valence-electron chi connectivity index (χ3n) is 9.42. The molecule has 0 heterocycles.